The molecular weight excluding hydrogens is 338 g/mol. The number of esters is 1. The summed E-state index contributed by atoms with van der Waals surface area (Å²) < 4.78 is 10.6. The van der Waals surface area contributed by atoms with Crippen LogP contribution in [0.4, 0.5) is 0 Å². The predicted octanol–water partition coefficient (Wildman–Crippen LogP) is 1.81. The average Bonchev–Trinajstić information content (AvgIpc) is 2.59. The van der Waals surface area contributed by atoms with E-state index in [1.807, 2.05) is 0 Å². The molecule has 0 aromatic rings. The fraction of sp³-hybridized carbons (Fsp3) is 0.778. The number of carbonyl (C=O) groups is 3. The highest BCUT2D eigenvalue weighted by molar-refractivity contribution is 6.25. The molecule has 8 heteroatoms. The Kier molecular flexibility index (Phi) is 10.4. The van der Waals surface area contributed by atoms with Crippen molar-refractivity contribution in [2.24, 2.45) is 0 Å². The van der Waals surface area contributed by atoms with Crippen molar-refractivity contribution in [3.05, 3.63) is 5.53 Å². The fourth-order valence-electron chi connectivity index (χ4n) is 2.84. The lowest BCUT2D eigenvalue weighted by molar-refractivity contribution is -0.155. The molecule has 0 spiro atoms. The highest BCUT2D eigenvalue weighted by atomic mass is 16.5. The molecule has 0 bridgehead atoms. The van der Waals surface area contributed by atoms with Crippen LogP contribution in [0.15, 0.2) is 0 Å². The molecule has 1 amide bonds. The van der Waals surface area contributed by atoms with Gasteiger partial charge in [0.25, 0.3) is 0 Å². The summed E-state index contributed by atoms with van der Waals surface area (Å²) in [6.07, 6.45) is 7.06. The van der Waals surface area contributed by atoms with Gasteiger partial charge >= 0.3 is 12.2 Å². The number of nitrogens with zero attached hydrogens (tertiary/aromatic N) is 2. The van der Waals surface area contributed by atoms with E-state index < -0.39 is 29.8 Å². The van der Waals surface area contributed by atoms with Gasteiger partial charge in [0.2, 0.25) is 11.7 Å². The highest BCUT2D eigenvalue weighted by Crippen LogP contribution is 2.20. The van der Waals surface area contributed by atoms with Gasteiger partial charge in [-0.2, -0.15) is 4.79 Å². The zero-order valence-electron chi connectivity index (χ0n) is 15.6. The average molecular weight is 367 g/mol. The van der Waals surface area contributed by atoms with E-state index >= 15 is 0 Å². The van der Waals surface area contributed by atoms with Gasteiger partial charge in [-0.3, -0.25) is 9.59 Å². The molecule has 146 valence electrons. The third-order valence-corrected chi connectivity index (χ3v) is 4.54. The largest absolute Gasteiger partial charge is 0.461 e. The van der Waals surface area contributed by atoms with Crippen LogP contribution >= 0.6 is 0 Å². The van der Waals surface area contributed by atoms with Gasteiger partial charge in [-0.25, -0.2) is 4.79 Å². The zero-order chi connectivity index (χ0) is 19.4. The molecule has 2 atom stereocenters. The number of methoxy groups -OCH3 is 1. The van der Waals surface area contributed by atoms with Crippen molar-refractivity contribution in [1.29, 1.82) is 0 Å². The number of hydrogen-bond donors (Lipinski definition) is 1. The van der Waals surface area contributed by atoms with Crippen LogP contribution in [0.5, 0.6) is 0 Å². The summed E-state index contributed by atoms with van der Waals surface area (Å²) >= 11 is 0. The number of carbonyl (C=O) groups excluding carboxylic acids is 3. The molecule has 1 N–H and O–H groups in total. The molecule has 1 fully saturated rings. The van der Waals surface area contributed by atoms with Crippen LogP contribution in [0.2, 0.25) is 0 Å². The maximum Gasteiger partial charge on any atom is 0.328 e. The predicted molar refractivity (Wildman–Crippen MR) is 94.5 cm³/mol. The van der Waals surface area contributed by atoms with Crippen LogP contribution in [0, 0.1) is 0 Å². The number of Topliss-reactive ketones (excluding diaryl/α,β-unsaturated/α-hetero) is 1. The molecule has 0 aliphatic heterocycles. The Bertz CT molecular complexity index is 523. The van der Waals surface area contributed by atoms with Gasteiger partial charge in [0.05, 0.1) is 0 Å². The van der Waals surface area contributed by atoms with Crippen molar-refractivity contribution in [2.75, 3.05) is 7.11 Å². The van der Waals surface area contributed by atoms with Gasteiger partial charge in [0.15, 0.2) is 0 Å². The van der Waals surface area contributed by atoms with Gasteiger partial charge < -0.3 is 20.3 Å². The lowest BCUT2D eigenvalue weighted by Crippen LogP contribution is -2.47. The van der Waals surface area contributed by atoms with Crippen LogP contribution in [-0.2, 0) is 23.9 Å². The van der Waals surface area contributed by atoms with E-state index in [2.05, 4.69) is 10.1 Å². The summed E-state index contributed by atoms with van der Waals surface area (Å²) in [5.41, 5.74) is 8.40. The molecular formula is C18H29N3O5. The standard InChI is InChI=1S/C18H29N3O5/c1-13(25-2)17(23)21-16(11-10-14(22)12-20-19)18(24)26-15-8-6-4-3-5-7-9-15/h12-13,15-16H,3-11H2,1-2H3,(H,21,23)/t13-,16+/m1/s1. The third-order valence-electron chi connectivity index (χ3n) is 4.54. The van der Waals surface area contributed by atoms with Crippen LogP contribution in [-0.4, -0.2) is 54.0 Å². The van der Waals surface area contributed by atoms with E-state index in [0.29, 0.717) is 0 Å². The van der Waals surface area contributed by atoms with E-state index in [1.54, 1.807) is 6.92 Å². The number of hydrogen-bond acceptors (Lipinski definition) is 5. The lowest BCUT2D eigenvalue weighted by atomic mass is 9.98. The minimum absolute atomic E-state index is 0.0455. The molecule has 1 saturated carbocycles. The quantitative estimate of drug-likeness (QED) is 0.288. The SMILES string of the molecule is CO[C@H](C)C(=O)N[C@@H](CCC(=O)C=[N+]=[N-])C(=O)OC1CCCCCCC1. The Hall–Kier alpha value is -2.05. The smallest absolute Gasteiger partial charge is 0.328 e. The molecule has 1 aliphatic carbocycles. The Balaban J connectivity index is 2.69. The van der Waals surface area contributed by atoms with E-state index in [-0.39, 0.29) is 18.9 Å². The molecule has 1 rings (SSSR count). The second-order valence-corrected chi connectivity index (χ2v) is 6.59. The number of nitrogens with one attached hydrogen (secondary N) is 1. The monoisotopic (exact) mass is 367 g/mol. The molecule has 0 unspecified atom stereocenters. The molecule has 1 aliphatic rings. The third kappa shape index (κ3) is 8.36. The number of ketones is 1. The van der Waals surface area contributed by atoms with Crippen LogP contribution in [0.25, 0.3) is 5.53 Å². The van der Waals surface area contributed by atoms with Gasteiger partial charge in [0.1, 0.15) is 18.2 Å². The normalized spacial score (nSPS) is 17.8. The first-order valence-electron chi connectivity index (χ1n) is 9.21. The van der Waals surface area contributed by atoms with Crippen LogP contribution < -0.4 is 5.32 Å². The summed E-state index contributed by atoms with van der Waals surface area (Å²) in [4.78, 5) is 38.8. The van der Waals surface area contributed by atoms with E-state index in [4.69, 9.17) is 15.0 Å². The summed E-state index contributed by atoms with van der Waals surface area (Å²) in [5.74, 6) is -1.43. The first kappa shape index (κ1) is 22.0. The number of ether oxygens (including phenoxy) is 2. The lowest BCUT2D eigenvalue weighted by Gasteiger charge is -2.24. The second kappa shape index (κ2) is 12.3. The van der Waals surface area contributed by atoms with Gasteiger partial charge in [-0.15, -0.1) is 0 Å². The molecule has 26 heavy (non-hydrogen) atoms. The Morgan fingerprint density at radius 2 is 1.81 bits per heavy atom. The van der Waals surface area contributed by atoms with Crippen LogP contribution in [0.3, 0.4) is 0 Å². The number of amides is 1. The zero-order valence-corrected chi connectivity index (χ0v) is 15.6. The summed E-state index contributed by atoms with van der Waals surface area (Å²) in [5, 5.41) is 2.58. The summed E-state index contributed by atoms with van der Waals surface area (Å²) in [6.45, 7) is 1.57. The fourth-order valence-corrected chi connectivity index (χ4v) is 2.84. The molecule has 0 heterocycles. The minimum atomic E-state index is -0.943. The van der Waals surface area contributed by atoms with E-state index in [0.717, 1.165) is 44.7 Å². The minimum Gasteiger partial charge on any atom is -0.461 e. The molecule has 0 aromatic heterocycles. The first-order chi connectivity index (χ1) is 12.5. The van der Waals surface area contributed by atoms with Crippen molar-refractivity contribution in [1.82, 2.24) is 5.32 Å². The Morgan fingerprint density at radius 1 is 1.19 bits per heavy atom. The maximum atomic E-state index is 12.6. The Labute approximate surface area is 154 Å². The summed E-state index contributed by atoms with van der Waals surface area (Å²) in [6, 6.07) is -0.943. The van der Waals surface area contributed by atoms with Crippen LogP contribution in [0.1, 0.15) is 64.7 Å². The topological polar surface area (TPSA) is 118 Å². The highest BCUT2D eigenvalue weighted by Gasteiger charge is 2.28. The molecule has 0 aromatic carbocycles. The van der Waals surface area contributed by atoms with Crippen molar-refractivity contribution >= 4 is 23.9 Å². The Morgan fingerprint density at radius 3 is 2.38 bits per heavy atom. The van der Waals surface area contributed by atoms with Gasteiger partial charge in [-0.05, 0) is 39.0 Å². The second-order valence-electron chi connectivity index (χ2n) is 6.59. The molecule has 8 nitrogen and oxygen atoms in total. The molecule has 0 saturated heterocycles. The van der Waals surface area contributed by atoms with Crippen molar-refractivity contribution < 1.29 is 28.6 Å². The van der Waals surface area contributed by atoms with Crippen molar-refractivity contribution in [3.63, 3.8) is 0 Å². The van der Waals surface area contributed by atoms with Gasteiger partial charge in [-0.1, -0.05) is 19.3 Å². The number of rotatable bonds is 9. The van der Waals surface area contributed by atoms with E-state index in [9.17, 15) is 14.4 Å². The van der Waals surface area contributed by atoms with Crippen molar-refractivity contribution in [2.45, 2.75) is 83.0 Å². The first-order valence-corrected chi connectivity index (χ1v) is 9.21. The summed E-state index contributed by atoms with van der Waals surface area (Å²) in [7, 11) is 1.40. The van der Waals surface area contributed by atoms with E-state index in [1.165, 1.54) is 13.5 Å². The van der Waals surface area contributed by atoms with Crippen molar-refractivity contribution in [3.8, 4) is 0 Å². The molecule has 0 radical (unpaired) electrons. The maximum absolute atomic E-state index is 12.6. The van der Waals surface area contributed by atoms with Gasteiger partial charge in [0, 0.05) is 13.5 Å².